The third kappa shape index (κ3) is 11.9. The van der Waals surface area contributed by atoms with E-state index in [0.717, 1.165) is 0 Å². The predicted octanol–water partition coefficient (Wildman–Crippen LogP) is 2.65. The van der Waals surface area contributed by atoms with Gasteiger partial charge in [-0.05, 0) is 41.5 Å². The van der Waals surface area contributed by atoms with E-state index in [2.05, 4.69) is 6.58 Å². The molecule has 0 N–H and O–H groups in total. The molecule has 0 atom stereocenters. The van der Waals surface area contributed by atoms with Crippen LogP contribution in [0.4, 0.5) is 0 Å². The van der Waals surface area contributed by atoms with Crippen molar-refractivity contribution in [1.82, 2.24) is 0 Å². The van der Waals surface area contributed by atoms with Crippen LogP contribution in [-0.2, 0) is 23.7 Å². The molecule has 0 spiro atoms. The average Bonchev–Trinajstić information content (AvgIpc) is 2.18. The summed E-state index contributed by atoms with van der Waals surface area (Å²) in [4.78, 5) is 11.5. The van der Waals surface area contributed by atoms with Crippen molar-refractivity contribution in [3.8, 4) is 0 Å². The van der Waals surface area contributed by atoms with Crippen LogP contribution in [0.2, 0.25) is 0 Å². The highest BCUT2D eigenvalue weighted by atomic mass is 16.7. The largest absolute Gasteiger partial charge is 0.457 e. The van der Waals surface area contributed by atoms with E-state index in [1.54, 1.807) is 20.8 Å². The van der Waals surface area contributed by atoms with E-state index in [9.17, 15) is 4.79 Å². The first kappa shape index (κ1) is 18.1. The van der Waals surface area contributed by atoms with Crippen molar-refractivity contribution >= 4 is 5.97 Å². The van der Waals surface area contributed by atoms with E-state index in [1.165, 1.54) is 0 Å². The zero-order valence-corrected chi connectivity index (χ0v) is 12.9. The number of hydrogen-bond donors (Lipinski definition) is 0. The van der Waals surface area contributed by atoms with Gasteiger partial charge in [0.25, 0.3) is 0 Å². The van der Waals surface area contributed by atoms with Gasteiger partial charge in [0.15, 0.2) is 0 Å². The summed E-state index contributed by atoms with van der Waals surface area (Å²) < 4.78 is 20.7. The molecule has 5 nitrogen and oxygen atoms in total. The second kappa shape index (κ2) is 7.62. The molecule has 0 aromatic heterocycles. The van der Waals surface area contributed by atoms with Crippen molar-refractivity contribution < 1.29 is 23.7 Å². The van der Waals surface area contributed by atoms with E-state index < -0.39 is 11.6 Å². The molecule has 0 aliphatic heterocycles. The molecular weight excluding hydrogens is 248 g/mol. The van der Waals surface area contributed by atoms with Crippen LogP contribution in [0.15, 0.2) is 12.2 Å². The summed E-state index contributed by atoms with van der Waals surface area (Å²) >= 11 is 0. The Morgan fingerprint density at radius 1 is 0.947 bits per heavy atom. The third-order valence-electron chi connectivity index (χ3n) is 1.71. The molecule has 0 radical (unpaired) electrons. The van der Waals surface area contributed by atoms with Crippen molar-refractivity contribution in [2.45, 2.75) is 52.7 Å². The molecule has 5 heteroatoms. The third-order valence-corrected chi connectivity index (χ3v) is 1.71. The zero-order valence-electron chi connectivity index (χ0n) is 12.9. The van der Waals surface area contributed by atoms with Crippen LogP contribution < -0.4 is 0 Å². The van der Waals surface area contributed by atoms with Gasteiger partial charge in [-0.15, -0.1) is 0 Å². The zero-order chi connectivity index (χ0) is 15.1. The monoisotopic (exact) mass is 274 g/mol. The summed E-state index contributed by atoms with van der Waals surface area (Å²) in [7, 11) is 0. The highest BCUT2D eigenvalue weighted by Gasteiger charge is 2.18. The van der Waals surface area contributed by atoms with Crippen LogP contribution in [0.5, 0.6) is 0 Å². The van der Waals surface area contributed by atoms with Gasteiger partial charge >= 0.3 is 5.97 Å². The molecule has 0 amide bonds. The van der Waals surface area contributed by atoms with Crippen molar-refractivity contribution in [3.05, 3.63) is 12.2 Å². The number of carbonyl (C=O) groups excluding carboxylic acids is 1. The minimum atomic E-state index is -0.531. The Balaban J connectivity index is 3.67. The van der Waals surface area contributed by atoms with E-state index in [4.69, 9.17) is 18.9 Å². The van der Waals surface area contributed by atoms with Crippen LogP contribution >= 0.6 is 0 Å². The van der Waals surface area contributed by atoms with Crippen LogP contribution in [0.25, 0.3) is 0 Å². The molecule has 0 saturated heterocycles. The highest BCUT2D eigenvalue weighted by molar-refractivity contribution is 5.88. The lowest BCUT2D eigenvalue weighted by Crippen LogP contribution is -2.26. The summed E-state index contributed by atoms with van der Waals surface area (Å²) in [6, 6.07) is 0. The number of hydrogen-bond acceptors (Lipinski definition) is 5. The van der Waals surface area contributed by atoms with Gasteiger partial charge in [0.1, 0.15) is 19.2 Å². The fraction of sp³-hybridized carbons (Fsp3) is 0.786. The van der Waals surface area contributed by atoms with Gasteiger partial charge in [0.05, 0.1) is 17.8 Å². The second-order valence-electron chi connectivity index (χ2n) is 6.15. The molecule has 0 rings (SSSR count). The van der Waals surface area contributed by atoms with Crippen molar-refractivity contribution in [1.29, 1.82) is 0 Å². The predicted molar refractivity (Wildman–Crippen MR) is 72.6 cm³/mol. The Labute approximate surface area is 115 Å². The highest BCUT2D eigenvalue weighted by Crippen LogP contribution is 2.10. The van der Waals surface area contributed by atoms with Gasteiger partial charge < -0.3 is 18.9 Å². The summed E-state index contributed by atoms with van der Waals surface area (Å²) in [5.74, 6) is -0.460. The van der Waals surface area contributed by atoms with E-state index in [-0.39, 0.29) is 31.4 Å². The standard InChI is InChI=1S/C14H26O5/c1-11(12(15)19-14(5,6)7)8-16-9-17-10-18-13(2,3)4/h1,8-10H2,2-7H3. The van der Waals surface area contributed by atoms with Gasteiger partial charge in [-0.25, -0.2) is 4.79 Å². The van der Waals surface area contributed by atoms with Crippen LogP contribution in [-0.4, -0.2) is 37.4 Å². The maximum Gasteiger partial charge on any atom is 0.336 e. The SMILES string of the molecule is C=C(COCOCOC(C)(C)C)C(=O)OC(C)(C)C. The number of rotatable bonds is 7. The fourth-order valence-corrected chi connectivity index (χ4v) is 0.885. The van der Waals surface area contributed by atoms with Crippen LogP contribution in [0.3, 0.4) is 0 Å². The maximum atomic E-state index is 11.5. The first-order chi connectivity index (χ1) is 8.51. The lowest BCUT2D eigenvalue weighted by molar-refractivity contribution is -0.167. The Kier molecular flexibility index (Phi) is 7.26. The number of carbonyl (C=O) groups is 1. The molecule has 0 saturated carbocycles. The van der Waals surface area contributed by atoms with Crippen molar-refractivity contribution in [3.63, 3.8) is 0 Å². The molecule has 0 bridgehead atoms. The minimum Gasteiger partial charge on any atom is -0.457 e. The van der Waals surface area contributed by atoms with E-state index >= 15 is 0 Å². The lowest BCUT2D eigenvalue weighted by atomic mass is 10.2. The Bertz CT molecular complexity index is 296. The normalized spacial score (nSPS) is 12.3. The molecule has 112 valence electrons. The molecule has 0 fully saturated rings. The molecule has 0 aromatic carbocycles. The second-order valence-corrected chi connectivity index (χ2v) is 6.15. The molecule has 19 heavy (non-hydrogen) atoms. The van der Waals surface area contributed by atoms with E-state index in [0.29, 0.717) is 0 Å². The molecule has 0 heterocycles. The summed E-state index contributed by atoms with van der Waals surface area (Å²) in [5, 5.41) is 0. The smallest absolute Gasteiger partial charge is 0.336 e. The van der Waals surface area contributed by atoms with E-state index in [1.807, 2.05) is 20.8 Å². The Morgan fingerprint density at radius 3 is 2.00 bits per heavy atom. The lowest BCUT2D eigenvalue weighted by Gasteiger charge is -2.20. The maximum absolute atomic E-state index is 11.5. The Hall–Kier alpha value is -0.910. The van der Waals surface area contributed by atoms with Crippen molar-refractivity contribution in [2.75, 3.05) is 20.2 Å². The summed E-state index contributed by atoms with van der Waals surface area (Å²) in [5.41, 5.74) is -0.521. The average molecular weight is 274 g/mol. The Morgan fingerprint density at radius 2 is 1.53 bits per heavy atom. The van der Waals surface area contributed by atoms with Gasteiger partial charge in [-0.3, -0.25) is 0 Å². The molecule has 0 aliphatic rings. The summed E-state index contributed by atoms with van der Waals surface area (Å²) in [6.07, 6.45) is 0. The minimum absolute atomic E-state index is 0.0396. The number of ether oxygens (including phenoxy) is 4. The van der Waals surface area contributed by atoms with Gasteiger partial charge in [-0.1, -0.05) is 6.58 Å². The summed E-state index contributed by atoms with van der Waals surface area (Å²) in [6.45, 7) is 15.1. The van der Waals surface area contributed by atoms with Gasteiger partial charge in [-0.2, -0.15) is 0 Å². The fourth-order valence-electron chi connectivity index (χ4n) is 0.885. The number of esters is 1. The molecular formula is C14H26O5. The van der Waals surface area contributed by atoms with Crippen LogP contribution in [0.1, 0.15) is 41.5 Å². The van der Waals surface area contributed by atoms with Gasteiger partial charge in [0, 0.05) is 0 Å². The van der Waals surface area contributed by atoms with Gasteiger partial charge in [0.2, 0.25) is 0 Å². The van der Waals surface area contributed by atoms with Crippen molar-refractivity contribution in [2.24, 2.45) is 0 Å². The molecule has 0 unspecified atom stereocenters. The molecule has 0 aromatic rings. The quantitative estimate of drug-likeness (QED) is 0.309. The topological polar surface area (TPSA) is 54.0 Å². The molecule has 0 aliphatic carbocycles. The first-order valence-electron chi connectivity index (χ1n) is 6.22. The van der Waals surface area contributed by atoms with Crippen LogP contribution in [0, 0.1) is 0 Å². The first-order valence-corrected chi connectivity index (χ1v) is 6.22.